The molecule has 3 heterocycles. The van der Waals surface area contributed by atoms with Gasteiger partial charge >= 0.3 is 0 Å². The molecule has 1 spiro atoms. The smallest absolute Gasteiger partial charge is 0.223 e. The monoisotopic (exact) mass is 374 g/mol. The predicted octanol–water partition coefficient (Wildman–Crippen LogP) is 2.72. The minimum Gasteiger partial charge on any atom is -0.375 e. The maximum absolute atomic E-state index is 13.2. The van der Waals surface area contributed by atoms with E-state index in [-0.39, 0.29) is 12.0 Å². The van der Waals surface area contributed by atoms with E-state index in [0.717, 1.165) is 51.1 Å². The summed E-state index contributed by atoms with van der Waals surface area (Å²) in [7, 11) is 0. The number of aromatic nitrogens is 2. The van der Waals surface area contributed by atoms with Crippen molar-refractivity contribution in [1.82, 2.24) is 19.8 Å². The summed E-state index contributed by atoms with van der Waals surface area (Å²) in [6.45, 7) is 7.95. The minimum absolute atomic E-state index is 0.260. The van der Waals surface area contributed by atoms with E-state index >= 15 is 0 Å². The second kappa shape index (κ2) is 7.92. The standard InChI is InChI=1S/C21H34N4O2/c1-3-24-13-12-23-19(24)15-25(18-14-21(18)8-10-22-11-9-21)20(26)7-6-17-5-4-16(2)27-17/h12-13,16-18,22H,3-11,14-15H2,1-2H3/t16-,17+,18+/m1/s1. The lowest BCUT2D eigenvalue weighted by Crippen LogP contribution is -2.39. The zero-order valence-corrected chi connectivity index (χ0v) is 16.8. The first kappa shape index (κ1) is 18.9. The summed E-state index contributed by atoms with van der Waals surface area (Å²) < 4.78 is 8.08. The van der Waals surface area contributed by atoms with Crippen LogP contribution in [0.3, 0.4) is 0 Å². The Labute approximate surface area is 162 Å². The van der Waals surface area contributed by atoms with E-state index in [1.54, 1.807) is 0 Å². The number of aryl methyl sites for hydroxylation is 1. The van der Waals surface area contributed by atoms with Crippen molar-refractivity contribution in [1.29, 1.82) is 0 Å². The van der Waals surface area contributed by atoms with Crippen molar-refractivity contribution in [2.75, 3.05) is 13.1 Å². The number of imidazole rings is 1. The van der Waals surface area contributed by atoms with Crippen molar-refractivity contribution in [2.24, 2.45) is 5.41 Å². The summed E-state index contributed by atoms with van der Waals surface area (Å²) in [5, 5.41) is 3.46. The molecule has 0 bridgehead atoms. The molecule has 3 fully saturated rings. The first-order valence-corrected chi connectivity index (χ1v) is 10.8. The van der Waals surface area contributed by atoms with Crippen LogP contribution in [0, 0.1) is 5.41 Å². The topological polar surface area (TPSA) is 59.4 Å². The van der Waals surface area contributed by atoms with Crippen LogP contribution in [0.15, 0.2) is 12.4 Å². The van der Waals surface area contributed by atoms with Crippen LogP contribution in [0.4, 0.5) is 0 Å². The zero-order chi connectivity index (χ0) is 18.9. The van der Waals surface area contributed by atoms with E-state index in [1.807, 2.05) is 12.4 Å². The van der Waals surface area contributed by atoms with Gasteiger partial charge in [-0.3, -0.25) is 4.79 Å². The van der Waals surface area contributed by atoms with Gasteiger partial charge in [-0.05, 0) is 70.9 Å². The second-order valence-electron chi connectivity index (χ2n) is 8.67. The van der Waals surface area contributed by atoms with E-state index < -0.39 is 0 Å². The molecule has 3 aliphatic rings. The maximum Gasteiger partial charge on any atom is 0.223 e. The average molecular weight is 375 g/mol. The lowest BCUT2D eigenvalue weighted by molar-refractivity contribution is -0.134. The van der Waals surface area contributed by atoms with Gasteiger partial charge in [0.1, 0.15) is 5.82 Å². The number of nitrogens with zero attached hydrogens (tertiary/aromatic N) is 3. The number of nitrogens with one attached hydrogen (secondary N) is 1. The number of rotatable bonds is 7. The van der Waals surface area contributed by atoms with Crippen LogP contribution in [0.25, 0.3) is 0 Å². The second-order valence-corrected chi connectivity index (χ2v) is 8.67. The quantitative estimate of drug-likeness (QED) is 0.797. The highest BCUT2D eigenvalue weighted by Crippen LogP contribution is 2.56. The van der Waals surface area contributed by atoms with Crippen molar-refractivity contribution >= 4 is 5.91 Å². The molecule has 4 rings (SSSR count). The molecule has 2 saturated heterocycles. The summed E-state index contributed by atoms with van der Waals surface area (Å²) in [6, 6.07) is 0.387. The molecule has 6 nitrogen and oxygen atoms in total. The Morgan fingerprint density at radius 1 is 1.41 bits per heavy atom. The van der Waals surface area contributed by atoms with Crippen LogP contribution in [0.1, 0.15) is 64.6 Å². The highest BCUT2D eigenvalue weighted by atomic mass is 16.5. The molecule has 3 atom stereocenters. The van der Waals surface area contributed by atoms with Crippen LogP contribution in [0.5, 0.6) is 0 Å². The molecule has 0 unspecified atom stereocenters. The van der Waals surface area contributed by atoms with Gasteiger partial charge in [0, 0.05) is 31.4 Å². The van der Waals surface area contributed by atoms with Crippen molar-refractivity contribution in [3.05, 3.63) is 18.2 Å². The Kier molecular flexibility index (Phi) is 5.55. The van der Waals surface area contributed by atoms with Gasteiger partial charge < -0.3 is 19.5 Å². The molecule has 1 saturated carbocycles. The van der Waals surface area contributed by atoms with Crippen molar-refractivity contribution in [2.45, 2.75) is 90.1 Å². The van der Waals surface area contributed by atoms with E-state index in [1.165, 1.54) is 12.8 Å². The van der Waals surface area contributed by atoms with Gasteiger partial charge in [-0.15, -0.1) is 0 Å². The third-order valence-corrected chi connectivity index (χ3v) is 6.90. The summed E-state index contributed by atoms with van der Waals surface area (Å²) in [5.74, 6) is 1.29. The average Bonchev–Trinajstić information content (AvgIpc) is 3.02. The van der Waals surface area contributed by atoms with E-state index in [4.69, 9.17) is 4.74 Å². The number of hydrogen-bond acceptors (Lipinski definition) is 4. The third kappa shape index (κ3) is 4.06. The van der Waals surface area contributed by atoms with Gasteiger partial charge in [0.15, 0.2) is 0 Å². The molecule has 1 amide bonds. The fourth-order valence-corrected chi connectivity index (χ4v) is 5.06. The summed E-state index contributed by atoms with van der Waals surface area (Å²) in [4.78, 5) is 19.9. The SMILES string of the molecule is CCn1ccnc1CN(C(=O)CC[C@@H]1CC[C@@H](C)O1)[C@H]1CC12CCNCC2. The Morgan fingerprint density at radius 2 is 2.22 bits per heavy atom. The van der Waals surface area contributed by atoms with Crippen LogP contribution in [-0.2, 0) is 22.6 Å². The number of carbonyl (C=O) groups excluding carboxylic acids is 1. The van der Waals surface area contributed by atoms with Crippen LogP contribution >= 0.6 is 0 Å². The molecular formula is C21H34N4O2. The first-order chi connectivity index (χ1) is 13.1. The normalized spacial score (nSPS) is 29.2. The Balaban J connectivity index is 1.43. The minimum atomic E-state index is 0.260. The molecule has 1 aromatic rings. The molecule has 0 aromatic carbocycles. The largest absolute Gasteiger partial charge is 0.375 e. The molecule has 1 N–H and O–H groups in total. The molecule has 1 aliphatic carbocycles. The Bertz CT molecular complexity index is 652. The highest BCUT2D eigenvalue weighted by Gasteiger charge is 2.57. The zero-order valence-electron chi connectivity index (χ0n) is 16.8. The lowest BCUT2D eigenvalue weighted by Gasteiger charge is -2.30. The van der Waals surface area contributed by atoms with Crippen molar-refractivity contribution in [3.63, 3.8) is 0 Å². The maximum atomic E-state index is 13.2. The first-order valence-electron chi connectivity index (χ1n) is 10.8. The van der Waals surface area contributed by atoms with Crippen molar-refractivity contribution in [3.8, 4) is 0 Å². The van der Waals surface area contributed by atoms with Crippen molar-refractivity contribution < 1.29 is 9.53 Å². The number of piperidine rings is 1. The molecule has 6 heteroatoms. The fraction of sp³-hybridized carbons (Fsp3) is 0.810. The molecule has 1 aromatic heterocycles. The van der Waals surface area contributed by atoms with Crippen LogP contribution in [-0.4, -0.2) is 51.7 Å². The summed E-state index contributed by atoms with van der Waals surface area (Å²) in [5.41, 5.74) is 0.350. The molecule has 2 aliphatic heterocycles. The van der Waals surface area contributed by atoms with Gasteiger partial charge in [0.05, 0.1) is 18.8 Å². The number of amides is 1. The van der Waals surface area contributed by atoms with Gasteiger partial charge in [0.2, 0.25) is 5.91 Å². The van der Waals surface area contributed by atoms with E-state index in [9.17, 15) is 4.79 Å². The molecule has 0 radical (unpaired) electrons. The lowest BCUT2D eigenvalue weighted by atomic mass is 9.93. The number of ether oxygens (including phenoxy) is 1. The third-order valence-electron chi connectivity index (χ3n) is 6.90. The van der Waals surface area contributed by atoms with Crippen LogP contribution < -0.4 is 5.32 Å². The highest BCUT2D eigenvalue weighted by molar-refractivity contribution is 5.77. The summed E-state index contributed by atoms with van der Waals surface area (Å²) >= 11 is 0. The van der Waals surface area contributed by atoms with E-state index in [0.29, 0.717) is 30.5 Å². The fourth-order valence-electron chi connectivity index (χ4n) is 5.06. The van der Waals surface area contributed by atoms with Gasteiger partial charge in [-0.1, -0.05) is 0 Å². The van der Waals surface area contributed by atoms with Gasteiger partial charge in [0.25, 0.3) is 0 Å². The van der Waals surface area contributed by atoms with Gasteiger partial charge in [-0.25, -0.2) is 4.98 Å². The molecular weight excluding hydrogens is 340 g/mol. The predicted molar refractivity (Wildman–Crippen MR) is 104 cm³/mol. The Hall–Kier alpha value is -1.40. The van der Waals surface area contributed by atoms with E-state index in [2.05, 4.69) is 33.6 Å². The van der Waals surface area contributed by atoms with Crippen LogP contribution in [0.2, 0.25) is 0 Å². The number of hydrogen-bond donors (Lipinski definition) is 1. The molecule has 150 valence electrons. The number of carbonyl (C=O) groups is 1. The summed E-state index contributed by atoms with van der Waals surface area (Å²) in [6.07, 6.45) is 11.7. The molecule has 27 heavy (non-hydrogen) atoms. The Morgan fingerprint density at radius 3 is 2.93 bits per heavy atom. The van der Waals surface area contributed by atoms with Gasteiger partial charge in [-0.2, -0.15) is 0 Å².